The van der Waals surface area contributed by atoms with Crippen LogP contribution in [0.15, 0.2) is 48.5 Å². The first kappa shape index (κ1) is 16.8. The molecule has 0 unspecified atom stereocenters. The van der Waals surface area contributed by atoms with E-state index in [1.54, 1.807) is 12.1 Å². The van der Waals surface area contributed by atoms with Gasteiger partial charge in [0, 0.05) is 31.0 Å². The van der Waals surface area contributed by atoms with Crippen LogP contribution in [-0.4, -0.2) is 43.5 Å². The molecule has 1 heterocycles. The Labute approximate surface area is 146 Å². The molecule has 0 aliphatic carbocycles. The number of nitrogens with two attached hydrogens (primary N) is 1. The monoisotopic (exact) mass is 339 g/mol. The van der Waals surface area contributed by atoms with Crippen molar-refractivity contribution < 1.29 is 14.3 Å². The molecule has 0 saturated carbocycles. The van der Waals surface area contributed by atoms with Crippen molar-refractivity contribution in [2.45, 2.75) is 6.54 Å². The summed E-state index contributed by atoms with van der Waals surface area (Å²) in [4.78, 5) is 28.1. The Bertz CT molecular complexity index is 777. The van der Waals surface area contributed by atoms with Gasteiger partial charge in [-0.05, 0) is 23.8 Å². The Morgan fingerprint density at radius 3 is 2.60 bits per heavy atom. The van der Waals surface area contributed by atoms with E-state index in [0.29, 0.717) is 30.9 Å². The van der Waals surface area contributed by atoms with Gasteiger partial charge >= 0.3 is 5.97 Å². The number of anilines is 2. The molecule has 0 radical (unpaired) electrons. The molecule has 130 valence electrons. The third-order valence-electron chi connectivity index (χ3n) is 4.34. The molecule has 6 heteroatoms. The summed E-state index contributed by atoms with van der Waals surface area (Å²) in [5, 5.41) is 0. The molecule has 1 aliphatic rings. The number of nitrogen functional groups attached to an aromatic ring is 1. The second kappa shape index (κ2) is 7.25. The highest BCUT2D eigenvalue weighted by Crippen LogP contribution is 2.23. The average Bonchev–Trinajstić information content (AvgIpc) is 2.64. The van der Waals surface area contributed by atoms with E-state index in [4.69, 9.17) is 10.5 Å². The van der Waals surface area contributed by atoms with Crippen molar-refractivity contribution in [2.75, 3.05) is 37.4 Å². The molecule has 0 bridgehead atoms. The second-order valence-electron chi connectivity index (χ2n) is 5.99. The van der Waals surface area contributed by atoms with Crippen molar-refractivity contribution in [3.63, 3.8) is 0 Å². The van der Waals surface area contributed by atoms with Crippen LogP contribution in [0.4, 0.5) is 11.4 Å². The van der Waals surface area contributed by atoms with Gasteiger partial charge < -0.3 is 20.3 Å². The predicted molar refractivity (Wildman–Crippen MR) is 96.3 cm³/mol. The van der Waals surface area contributed by atoms with Crippen LogP contribution in [-0.2, 0) is 16.1 Å². The quantitative estimate of drug-likeness (QED) is 0.680. The smallest absolute Gasteiger partial charge is 0.340 e. The van der Waals surface area contributed by atoms with Crippen LogP contribution in [0.3, 0.4) is 0 Å². The normalized spacial score (nSPS) is 14.5. The molecule has 0 spiro atoms. The van der Waals surface area contributed by atoms with Crippen LogP contribution in [0.2, 0.25) is 0 Å². The van der Waals surface area contributed by atoms with Crippen LogP contribution >= 0.6 is 0 Å². The minimum Gasteiger partial charge on any atom is -0.465 e. The van der Waals surface area contributed by atoms with Gasteiger partial charge in [-0.25, -0.2) is 4.79 Å². The van der Waals surface area contributed by atoms with E-state index >= 15 is 0 Å². The van der Waals surface area contributed by atoms with E-state index in [1.807, 2.05) is 46.2 Å². The van der Waals surface area contributed by atoms with Crippen LogP contribution in [0.25, 0.3) is 0 Å². The summed E-state index contributed by atoms with van der Waals surface area (Å²) in [5.41, 5.74) is 8.43. The first-order valence-corrected chi connectivity index (χ1v) is 8.13. The van der Waals surface area contributed by atoms with E-state index in [1.165, 1.54) is 7.11 Å². The highest BCUT2D eigenvalue weighted by atomic mass is 16.5. The fraction of sp³-hybridized carbons (Fsp3) is 0.263. The number of piperazine rings is 1. The number of amides is 1. The summed E-state index contributed by atoms with van der Waals surface area (Å²) in [6, 6.07) is 15.1. The predicted octanol–water partition coefficient (Wildman–Crippen LogP) is 1.90. The number of benzene rings is 2. The Morgan fingerprint density at radius 1 is 1.16 bits per heavy atom. The first-order chi connectivity index (χ1) is 12.1. The zero-order valence-corrected chi connectivity index (χ0v) is 14.1. The van der Waals surface area contributed by atoms with Crippen molar-refractivity contribution in [3.05, 3.63) is 59.7 Å². The Morgan fingerprint density at radius 2 is 1.92 bits per heavy atom. The number of methoxy groups -OCH3 is 1. The van der Waals surface area contributed by atoms with Crippen LogP contribution in [0.1, 0.15) is 15.9 Å². The average molecular weight is 339 g/mol. The topological polar surface area (TPSA) is 75.9 Å². The lowest BCUT2D eigenvalue weighted by molar-refractivity contribution is -0.131. The fourth-order valence-corrected chi connectivity index (χ4v) is 2.93. The standard InChI is InChI=1S/C19H21N3O3/c1-25-19(24)16-11-15(7-8-17(16)20)21-9-10-22(18(23)13-21)12-14-5-3-2-4-6-14/h2-8,11H,9-10,12-13,20H2,1H3. The van der Waals surface area contributed by atoms with E-state index in [-0.39, 0.29) is 12.5 Å². The number of ether oxygens (including phenoxy) is 1. The summed E-state index contributed by atoms with van der Waals surface area (Å²) in [5.74, 6) is -0.417. The number of esters is 1. The maximum atomic E-state index is 12.5. The molecule has 1 aliphatic heterocycles. The van der Waals surface area contributed by atoms with Crippen LogP contribution < -0.4 is 10.6 Å². The summed E-state index contributed by atoms with van der Waals surface area (Å²) >= 11 is 0. The number of carbonyl (C=O) groups excluding carboxylic acids is 2. The molecule has 1 fully saturated rings. The first-order valence-electron chi connectivity index (χ1n) is 8.13. The fourth-order valence-electron chi connectivity index (χ4n) is 2.93. The Balaban J connectivity index is 1.71. The SMILES string of the molecule is COC(=O)c1cc(N2CCN(Cc3ccccc3)C(=O)C2)ccc1N. The summed E-state index contributed by atoms with van der Waals surface area (Å²) < 4.78 is 4.75. The van der Waals surface area contributed by atoms with Gasteiger partial charge in [-0.1, -0.05) is 30.3 Å². The number of hydrogen-bond donors (Lipinski definition) is 1. The summed E-state index contributed by atoms with van der Waals surface area (Å²) in [6.07, 6.45) is 0. The van der Waals surface area contributed by atoms with Gasteiger partial charge in [0.15, 0.2) is 0 Å². The van der Waals surface area contributed by atoms with Gasteiger partial charge in [0.2, 0.25) is 5.91 Å². The third-order valence-corrected chi connectivity index (χ3v) is 4.34. The van der Waals surface area contributed by atoms with Gasteiger partial charge in [-0.3, -0.25) is 4.79 Å². The van der Waals surface area contributed by atoms with Crippen molar-refractivity contribution in [3.8, 4) is 0 Å². The van der Waals surface area contributed by atoms with E-state index in [2.05, 4.69) is 0 Å². The molecule has 25 heavy (non-hydrogen) atoms. The highest BCUT2D eigenvalue weighted by Gasteiger charge is 2.25. The number of carbonyl (C=O) groups is 2. The van der Waals surface area contributed by atoms with Gasteiger partial charge in [-0.15, -0.1) is 0 Å². The summed E-state index contributed by atoms with van der Waals surface area (Å²) in [7, 11) is 1.32. The van der Waals surface area contributed by atoms with Crippen molar-refractivity contribution >= 4 is 23.3 Å². The van der Waals surface area contributed by atoms with E-state index in [0.717, 1.165) is 11.3 Å². The summed E-state index contributed by atoms with van der Waals surface area (Å²) in [6.45, 7) is 2.22. The van der Waals surface area contributed by atoms with Crippen molar-refractivity contribution in [1.29, 1.82) is 0 Å². The maximum Gasteiger partial charge on any atom is 0.340 e. The lowest BCUT2D eigenvalue weighted by Crippen LogP contribution is -2.50. The lowest BCUT2D eigenvalue weighted by Gasteiger charge is -2.36. The minimum atomic E-state index is -0.478. The molecular weight excluding hydrogens is 318 g/mol. The van der Waals surface area contributed by atoms with Crippen molar-refractivity contribution in [2.24, 2.45) is 0 Å². The van der Waals surface area contributed by atoms with Gasteiger partial charge in [0.25, 0.3) is 0 Å². The lowest BCUT2D eigenvalue weighted by atomic mass is 10.1. The Hall–Kier alpha value is -3.02. The molecule has 0 aromatic heterocycles. The van der Waals surface area contributed by atoms with Crippen molar-refractivity contribution in [1.82, 2.24) is 4.90 Å². The zero-order valence-electron chi connectivity index (χ0n) is 14.1. The molecule has 2 aromatic rings. The van der Waals surface area contributed by atoms with Crippen LogP contribution in [0, 0.1) is 0 Å². The third kappa shape index (κ3) is 3.74. The molecule has 6 nitrogen and oxygen atoms in total. The molecule has 2 aromatic carbocycles. The van der Waals surface area contributed by atoms with Gasteiger partial charge in [-0.2, -0.15) is 0 Å². The largest absolute Gasteiger partial charge is 0.465 e. The minimum absolute atomic E-state index is 0.0616. The van der Waals surface area contributed by atoms with E-state index < -0.39 is 5.97 Å². The number of rotatable bonds is 4. The number of nitrogens with zero attached hydrogens (tertiary/aromatic N) is 2. The maximum absolute atomic E-state index is 12.5. The Kier molecular flexibility index (Phi) is 4.88. The van der Waals surface area contributed by atoms with Gasteiger partial charge in [0.1, 0.15) is 0 Å². The molecule has 1 amide bonds. The zero-order chi connectivity index (χ0) is 17.8. The second-order valence-corrected chi connectivity index (χ2v) is 5.99. The number of hydrogen-bond acceptors (Lipinski definition) is 5. The van der Waals surface area contributed by atoms with E-state index in [9.17, 15) is 9.59 Å². The molecule has 0 atom stereocenters. The molecular formula is C19H21N3O3. The molecule has 3 rings (SSSR count). The highest BCUT2D eigenvalue weighted by molar-refractivity contribution is 5.96. The molecule has 2 N–H and O–H groups in total. The van der Waals surface area contributed by atoms with Crippen LogP contribution in [0.5, 0.6) is 0 Å². The van der Waals surface area contributed by atoms with Gasteiger partial charge in [0.05, 0.1) is 19.2 Å². The molecule has 1 saturated heterocycles.